The molecule has 0 amide bonds. The number of hydrogen-bond acceptors (Lipinski definition) is 3. The second-order valence-electron chi connectivity index (χ2n) is 6.99. The first-order chi connectivity index (χ1) is 13.1. The molecule has 1 N–H and O–H groups in total. The smallest absolute Gasteiger partial charge is 0.157 e. The highest BCUT2D eigenvalue weighted by Gasteiger charge is 2.17. The first-order valence-electron chi connectivity index (χ1n) is 9.30. The fourth-order valence-corrected chi connectivity index (χ4v) is 3.57. The largest absolute Gasteiger partial charge is 0.341 e. The van der Waals surface area contributed by atoms with Gasteiger partial charge in [-0.05, 0) is 61.2 Å². The molecule has 0 atom stereocenters. The summed E-state index contributed by atoms with van der Waals surface area (Å²) in [5, 5.41) is 13.4. The van der Waals surface area contributed by atoms with E-state index >= 15 is 0 Å². The summed E-state index contributed by atoms with van der Waals surface area (Å²) in [5.74, 6) is 0.940. The number of anilines is 2. The molecular weight excluding hydrogens is 332 g/mol. The number of benzene rings is 2. The number of nitrogens with one attached hydrogen (secondary N) is 1. The van der Waals surface area contributed by atoms with Gasteiger partial charge in [-0.1, -0.05) is 37.6 Å². The monoisotopic (exact) mass is 354 g/mol. The summed E-state index contributed by atoms with van der Waals surface area (Å²) in [6, 6.07) is 18.9. The Balaban J connectivity index is 2.03. The lowest BCUT2D eigenvalue weighted by Gasteiger charge is -2.15. The van der Waals surface area contributed by atoms with Crippen LogP contribution >= 0.6 is 0 Å². The molecule has 4 rings (SSSR count). The molecule has 2 aromatic heterocycles. The van der Waals surface area contributed by atoms with Crippen LogP contribution in [0.2, 0.25) is 0 Å². The molecule has 0 saturated heterocycles. The van der Waals surface area contributed by atoms with Crippen LogP contribution in [0.1, 0.15) is 35.6 Å². The van der Waals surface area contributed by atoms with Gasteiger partial charge in [-0.15, -0.1) is 0 Å². The summed E-state index contributed by atoms with van der Waals surface area (Å²) in [7, 11) is 0. The van der Waals surface area contributed by atoms with E-state index in [0.717, 1.165) is 46.6 Å². The van der Waals surface area contributed by atoms with Crippen molar-refractivity contribution in [3.8, 4) is 6.07 Å². The number of nitrogens with zero attached hydrogens (tertiary/aromatic N) is 3. The van der Waals surface area contributed by atoms with Crippen molar-refractivity contribution in [2.45, 2.75) is 33.6 Å². The fraction of sp³-hybridized carbons (Fsp3) is 0.217. The van der Waals surface area contributed by atoms with Gasteiger partial charge in [0.1, 0.15) is 11.9 Å². The van der Waals surface area contributed by atoms with Crippen molar-refractivity contribution < 1.29 is 0 Å². The standard InChI is InChI=1S/C23H22N4/c1-4-7-17-13-22(25-20-12-15(2)10-11-16(20)3)27-21-9-6-5-8-19(21)26-23(27)18(17)14-24/h5-6,8-13,25H,4,7H2,1-3H3. The van der Waals surface area contributed by atoms with Gasteiger partial charge < -0.3 is 5.32 Å². The zero-order chi connectivity index (χ0) is 19.0. The maximum Gasteiger partial charge on any atom is 0.157 e. The summed E-state index contributed by atoms with van der Waals surface area (Å²) >= 11 is 0. The molecule has 0 aliphatic rings. The van der Waals surface area contributed by atoms with E-state index in [-0.39, 0.29) is 0 Å². The Morgan fingerprint density at radius 2 is 1.93 bits per heavy atom. The Bertz CT molecular complexity index is 1190. The van der Waals surface area contributed by atoms with E-state index in [4.69, 9.17) is 4.98 Å². The van der Waals surface area contributed by atoms with Gasteiger partial charge in [-0.25, -0.2) is 4.98 Å². The van der Waals surface area contributed by atoms with E-state index in [0.29, 0.717) is 5.56 Å². The number of rotatable bonds is 4. The molecular formula is C23H22N4. The molecule has 4 aromatic rings. The SMILES string of the molecule is CCCc1cc(Nc2cc(C)ccc2C)n2c(nc3ccccc32)c1C#N. The third-order valence-electron chi connectivity index (χ3n) is 4.94. The molecule has 0 unspecified atom stereocenters. The molecule has 0 aliphatic carbocycles. The number of para-hydroxylation sites is 2. The number of fused-ring (bicyclic) bond motifs is 3. The van der Waals surface area contributed by atoms with Crippen LogP contribution < -0.4 is 5.32 Å². The molecule has 0 aliphatic heterocycles. The van der Waals surface area contributed by atoms with E-state index in [9.17, 15) is 5.26 Å². The molecule has 0 saturated carbocycles. The zero-order valence-corrected chi connectivity index (χ0v) is 15.9. The quantitative estimate of drug-likeness (QED) is 0.513. The summed E-state index contributed by atoms with van der Waals surface area (Å²) in [6.07, 6.45) is 1.83. The Morgan fingerprint density at radius 1 is 1.11 bits per heavy atom. The van der Waals surface area contributed by atoms with Crippen LogP contribution in [0.25, 0.3) is 16.7 Å². The third-order valence-corrected chi connectivity index (χ3v) is 4.94. The minimum atomic E-state index is 0.666. The first-order valence-corrected chi connectivity index (χ1v) is 9.30. The normalized spacial score (nSPS) is 11.0. The average molecular weight is 354 g/mol. The third kappa shape index (κ3) is 2.92. The lowest BCUT2D eigenvalue weighted by atomic mass is 10.1. The van der Waals surface area contributed by atoms with Crippen molar-refractivity contribution >= 4 is 28.2 Å². The highest BCUT2D eigenvalue weighted by Crippen LogP contribution is 2.30. The van der Waals surface area contributed by atoms with E-state index in [1.165, 1.54) is 11.1 Å². The Labute approximate surface area is 159 Å². The van der Waals surface area contributed by atoms with Gasteiger partial charge in [0, 0.05) is 5.69 Å². The minimum absolute atomic E-state index is 0.666. The summed E-state index contributed by atoms with van der Waals surface area (Å²) < 4.78 is 2.06. The number of aryl methyl sites for hydroxylation is 3. The van der Waals surface area contributed by atoms with Crippen LogP contribution in [0, 0.1) is 25.2 Å². The average Bonchev–Trinajstić information content (AvgIpc) is 3.05. The molecule has 4 heteroatoms. The second kappa shape index (κ2) is 6.77. The molecule has 2 aromatic carbocycles. The molecule has 0 fully saturated rings. The van der Waals surface area contributed by atoms with Crippen molar-refractivity contribution in [3.05, 3.63) is 70.8 Å². The van der Waals surface area contributed by atoms with Crippen molar-refractivity contribution in [1.82, 2.24) is 9.38 Å². The van der Waals surface area contributed by atoms with E-state index < -0.39 is 0 Å². The number of nitriles is 1. The van der Waals surface area contributed by atoms with Crippen molar-refractivity contribution in [2.75, 3.05) is 5.32 Å². The second-order valence-corrected chi connectivity index (χ2v) is 6.99. The fourth-order valence-electron chi connectivity index (χ4n) is 3.57. The van der Waals surface area contributed by atoms with Crippen LogP contribution in [0.5, 0.6) is 0 Å². The predicted molar refractivity (Wildman–Crippen MR) is 111 cm³/mol. The number of pyridine rings is 1. The highest BCUT2D eigenvalue weighted by atomic mass is 15.1. The number of aromatic nitrogens is 2. The molecule has 0 spiro atoms. The van der Waals surface area contributed by atoms with Crippen LogP contribution in [-0.4, -0.2) is 9.38 Å². The first kappa shape index (κ1) is 17.1. The zero-order valence-electron chi connectivity index (χ0n) is 15.9. The van der Waals surface area contributed by atoms with Gasteiger partial charge in [0.05, 0.1) is 16.6 Å². The van der Waals surface area contributed by atoms with E-state index in [2.05, 4.69) is 60.8 Å². The Hall–Kier alpha value is -3.32. The lowest BCUT2D eigenvalue weighted by molar-refractivity contribution is 0.915. The molecule has 0 radical (unpaired) electrons. The lowest BCUT2D eigenvalue weighted by Crippen LogP contribution is -2.04. The highest BCUT2D eigenvalue weighted by molar-refractivity contribution is 5.86. The van der Waals surface area contributed by atoms with Gasteiger partial charge >= 0.3 is 0 Å². The summed E-state index contributed by atoms with van der Waals surface area (Å²) in [4.78, 5) is 4.77. The maximum absolute atomic E-state index is 9.81. The van der Waals surface area contributed by atoms with Gasteiger partial charge in [0.25, 0.3) is 0 Å². The molecule has 134 valence electrons. The van der Waals surface area contributed by atoms with Gasteiger partial charge in [-0.3, -0.25) is 4.40 Å². The van der Waals surface area contributed by atoms with Crippen molar-refractivity contribution in [3.63, 3.8) is 0 Å². The number of imidazole rings is 1. The molecule has 0 bridgehead atoms. The van der Waals surface area contributed by atoms with Crippen LogP contribution in [0.15, 0.2) is 48.5 Å². The number of hydrogen-bond donors (Lipinski definition) is 1. The molecule has 27 heavy (non-hydrogen) atoms. The van der Waals surface area contributed by atoms with E-state index in [1.54, 1.807) is 0 Å². The van der Waals surface area contributed by atoms with Gasteiger partial charge in [0.2, 0.25) is 0 Å². The van der Waals surface area contributed by atoms with Gasteiger partial charge in [0.15, 0.2) is 5.65 Å². The van der Waals surface area contributed by atoms with Crippen molar-refractivity contribution in [2.24, 2.45) is 0 Å². The van der Waals surface area contributed by atoms with Gasteiger partial charge in [-0.2, -0.15) is 5.26 Å². The van der Waals surface area contributed by atoms with Crippen molar-refractivity contribution in [1.29, 1.82) is 5.26 Å². The van der Waals surface area contributed by atoms with Crippen LogP contribution in [-0.2, 0) is 6.42 Å². The summed E-state index contributed by atoms with van der Waals surface area (Å²) in [5.41, 5.74) is 7.78. The topological polar surface area (TPSA) is 53.1 Å². The van der Waals surface area contributed by atoms with E-state index in [1.807, 2.05) is 24.3 Å². The minimum Gasteiger partial charge on any atom is -0.341 e. The van der Waals surface area contributed by atoms with Crippen LogP contribution in [0.4, 0.5) is 11.5 Å². The molecule has 4 nitrogen and oxygen atoms in total. The maximum atomic E-state index is 9.81. The predicted octanol–water partition coefficient (Wildman–Crippen LogP) is 5.67. The Kier molecular flexibility index (Phi) is 4.29. The van der Waals surface area contributed by atoms with Crippen LogP contribution in [0.3, 0.4) is 0 Å². The Morgan fingerprint density at radius 3 is 2.70 bits per heavy atom. The molecule has 2 heterocycles. The summed E-state index contributed by atoms with van der Waals surface area (Å²) in [6.45, 7) is 6.32.